The van der Waals surface area contributed by atoms with Crippen molar-refractivity contribution in [2.75, 3.05) is 7.11 Å². The van der Waals surface area contributed by atoms with E-state index in [4.69, 9.17) is 9.15 Å². The molecule has 0 spiro atoms. The zero-order valence-electron chi connectivity index (χ0n) is 12.0. The van der Waals surface area contributed by atoms with Gasteiger partial charge in [0.2, 0.25) is 11.8 Å². The molecule has 21 heavy (non-hydrogen) atoms. The molecule has 0 aliphatic rings. The number of hydrogen-bond acceptors (Lipinski definition) is 4. The molecule has 0 amide bonds. The fourth-order valence-electron chi connectivity index (χ4n) is 2.28. The highest BCUT2D eigenvalue weighted by atomic mass is 16.5. The van der Waals surface area contributed by atoms with Gasteiger partial charge in [-0.1, -0.05) is 30.3 Å². The summed E-state index contributed by atoms with van der Waals surface area (Å²) in [5.41, 5.74) is 3.23. The van der Waals surface area contributed by atoms with Gasteiger partial charge in [0, 0.05) is 18.9 Å². The maximum Gasteiger partial charge on any atom is 0.247 e. The Labute approximate surface area is 123 Å². The molecule has 0 atom stereocenters. The van der Waals surface area contributed by atoms with E-state index in [9.17, 15) is 0 Å². The van der Waals surface area contributed by atoms with Gasteiger partial charge in [0.25, 0.3) is 0 Å². The van der Waals surface area contributed by atoms with E-state index in [-0.39, 0.29) is 0 Å². The Hall–Kier alpha value is -2.62. The third-order valence-electron chi connectivity index (χ3n) is 3.29. The van der Waals surface area contributed by atoms with Crippen molar-refractivity contribution in [3.63, 3.8) is 0 Å². The van der Waals surface area contributed by atoms with Crippen molar-refractivity contribution in [3.05, 3.63) is 65.5 Å². The molecule has 0 N–H and O–H groups in total. The van der Waals surface area contributed by atoms with Crippen molar-refractivity contribution in [3.8, 4) is 17.2 Å². The van der Waals surface area contributed by atoms with E-state index in [0.29, 0.717) is 11.8 Å². The van der Waals surface area contributed by atoms with Crippen molar-refractivity contribution in [1.82, 2.24) is 10.2 Å². The summed E-state index contributed by atoms with van der Waals surface area (Å²) in [7, 11) is 1.68. The maximum atomic E-state index is 5.49. The summed E-state index contributed by atoms with van der Waals surface area (Å²) in [6.45, 7) is 1.78. The first-order valence-corrected chi connectivity index (χ1v) is 6.77. The average Bonchev–Trinajstić information content (AvgIpc) is 2.95. The van der Waals surface area contributed by atoms with Crippen LogP contribution >= 0.6 is 0 Å². The molecule has 0 aliphatic heterocycles. The van der Waals surface area contributed by atoms with E-state index in [1.165, 1.54) is 5.56 Å². The van der Waals surface area contributed by atoms with Crippen LogP contribution in [0.15, 0.2) is 52.9 Å². The van der Waals surface area contributed by atoms with Crippen LogP contribution in [0.2, 0.25) is 0 Å². The molecule has 4 nitrogen and oxygen atoms in total. The Morgan fingerprint density at radius 2 is 1.86 bits per heavy atom. The van der Waals surface area contributed by atoms with E-state index in [1.807, 2.05) is 36.4 Å². The summed E-state index contributed by atoms with van der Waals surface area (Å²) < 4.78 is 10.9. The van der Waals surface area contributed by atoms with E-state index in [1.54, 1.807) is 14.0 Å². The normalized spacial score (nSPS) is 10.6. The highest BCUT2D eigenvalue weighted by Crippen LogP contribution is 2.27. The fourth-order valence-corrected chi connectivity index (χ4v) is 2.28. The predicted octanol–water partition coefficient (Wildman–Crippen LogP) is 3.64. The molecule has 3 aromatic rings. The number of nitrogens with zero attached hydrogens (tertiary/aromatic N) is 2. The van der Waals surface area contributed by atoms with Gasteiger partial charge in [0.15, 0.2) is 0 Å². The predicted molar refractivity (Wildman–Crippen MR) is 80.3 cm³/mol. The molecular formula is C17H16N2O2. The van der Waals surface area contributed by atoms with Crippen LogP contribution in [0.3, 0.4) is 0 Å². The lowest BCUT2D eigenvalue weighted by Crippen LogP contribution is -1.94. The van der Waals surface area contributed by atoms with Gasteiger partial charge in [0.1, 0.15) is 5.75 Å². The van der Waals surface area contributed by atoms with Crippen molar-refractivity contribution in [2.45, 2.75) is 13.3 Å². The molecule has 0 saturated heterocycles. The zero-order valence-corrected chi connectivity index (χ0v) is 12.0. The van der Waals surface area contributed by atoms with E-state index in [2.05, 4.69) is 22.3 Å². The summed E-state index contributed by atoms with van der Waals surface area (Å²) in [6, 6.07) is 16.2. The van der Waals surface area contributed by atoms with Gasteiger partial charge in [-0.05, 0) is 29.3 Å². The highest BCUT2D eigenvalue weighted by Gasteiger charge is 2.10. The molecule has 2 aromatic carbocycles. The molecular weight excluding hydrogens is 264 g/mol. The van der Waals surface area contributed by atoms with Gasteiger partial charge in [-0.3, -0.25) is 0 Å². The van der Waals surface area contributed by atoms with Gasteiger partial charge in [0.05, 0.1) is 7.11 Å². The molecule has 0 aliphatic carbocycles. The number of benzene rings is 2. The maximum absolute atomic E-state index is 5.49. The number of aryl methyl sites for hydroxylation is 1. The van der Waals surface area contributed by atoms with Crippen molar-refractivity contribution in [1.29, 1.82) is 0 Å². The van der Waals surface area contributed by atoms with Crippen molar-refractivity contribution >= 4 is 0 Å². The Balaban J connectivity index is 1.97. The van der Waals surface area contributed by atoms with Crippen LogP contribution in [-0.2, 0) is 6.42 Å². The van der Waals surface area contributed by atoms with Gasteiger partial charge in [-0.25, -0.2) is 0 Å². The third kappa shape index (κ3) is 2.94. The third-order valence-corrected chi connectivity index (χ3v) is 3.29. The minimum absolute atomic E-state index is 0.532. The van der Waals surface area contributed by atoms with Crippen LogP contribution < -0.4 is 4.74 Å². The first-order chi connectivity index (χ1) is 10.3. The zero-order chi connectivity index (χ0) is 14.7. The molecule has 0 radical (unpaired) electrons. The second-order valence-electron chi connectivity index (χ2n) is 4.82. The van der Waals surface area contributed by atoms with E-state index >= 15 is 0 Å². The fraction of sp³-hybridized carbons (Fsp3) is 0.176. The topological polar surface area (TPSA) is 48.2 Å². The van der Waals surface area contributed by atoms with Crippen LogP contribution in [0.1, 0.15) is 17.0 Å². The summed E-state index contributed by atoms with van der Waals surface area (Å²) in [5.74, 6) is 1.95. The monoisotopic (exact) mass is 280 g/mol. The molecule has 106 valence electrons. The summed E-state index contributed by atoms with van der Waals surface area (Å²) in [4.78, 5) is 0. The van der Waals surface area contributed by atoms with Crippen LogP contribution in [0.4, 0.5) is 0 Å². The molecule has 0 unspecified atom stereocenters. The second-order valence-corrected chi connectivity index (χ2v) is 4.82. The standard InChI is InChI=1S/C17H16N2O2/c1-12-18-19-17(21-12)14-8-9-16(20-2)15(11-14)10-13-6-4-3-5-7-13/h3-9,11H,10H2,1-2H3. The van der Waals surface area contributed by atoms with E-state index < -0.39 is 0 Å². The van der Waals surface area contributed by atoms with Crippen LogP contribution in [0.5, 0.6) is 5.75 Å². The average molecular weight is 280 g/mol. The summed E-state index contributed by atoms with van der Waals surface area (Å²) >= 11 is 0. The number of aromatic nitrogens is 2. The molecule has 0 bridgehead atoms. The van der Waals surface area contributed by atoms with E-state index in [0.717, 1.165) is 23.3 Å². The Bertz CT molecular complexity index is 736. The van der Waals surface area contributed by atoms with Gasteiger partial charge < -0.3 is 9.15 Å². The molecule has 0 fully saturated rings. The Morgan fingerprint density at radius 1 is 1.05 bits per heavy atom. The molecule has 4 heteroatoms. The Morgan fingerprint density at radius 3 is 2.52 bits per heavy atom. The number of ether oxygens (including phenoxy) is 1. The number of rotatable bonds is 4. The largest absolute Gasteiger partial charge is 0.496 e. The SMILES string of the molecule is COc1ccc(-c2nnc(C)o2)cc1Cc1ccccc1. The summed E-state index contributed by atoms with van der Waals surface area (Å²) in [6.07, 6.45) is 0.797. The molecule has 1 heterocycles. The van der Waals surface area contributed by atoms with Crippen molar-refractivity contribution < 1.29 is 9.15 Å². The second kappa shape index (κ2) is 5.79. The van der Waals surface area contributed by atoms with Gasteiger partial charge >= 0.3 is 0 Å². The highest BCUT2D eigenvalue weighted by molar-refractivity contribution is 5.57. The van der Waals surface area contributed by atoms with Crippen LogP contribution in [0.25, 0.3) is 11.5 Å². The lowest BCUT2D eigenvalue weighted by Gasteiger charge is -2.09. The van der Waals surface area contributed by atoms with Crippen molar-refractivity contribution in [2.24, 2.45) is 0 Å². The smallest absolute Gasteiger partial charge is 0.247 e. The first kappa shape index (κ1) is 13.4. The number of hydrogen-bond donors (Lipinski definition) is 0. The molecule has 3 rings (SSSR count). The lowest BCUT2D eigenvalue weighted by atomic mass is 10.0. The van der Waals surface area contributed by atoms with Crippen LogP contribution in [-0.4, -0.2) is 17.3 Å². The Kier molecular flexibility index (Phi) is 3.69. The van der Waals surface area contributed by atoms with Gasteiger partial charge in [-0.2, -0.15) is 0 Å². The van der Waals surface area contributed by atoms with Gasteiger partial charge in [-0.15, -0.1) is 10.2 Å². The quantitative estimate of drug-likeness (QED) is 0.732. The van der Waals surface area contributed by atoms with Crippen LogP contribution in [0, 0.1) is 6.92 Å². The minimum atomic E-state index is 0.532. The first-order valence-electron chi connectivity index (χ1n) is 6.77. The minimum Gasteiger partial charge on any atom is -0.496 e. The summed E-state index contributed by atoms with van der Waals surface area (Å²) in [5, 5.41) is 7.93. The molecule has 1 aromatic heterocycles. The lowest BCUT2D eigenvalue weighted by molar-refractivity contribution is 0.410. The molecule has 0 saturated carbocycles. The number of methoxy groups -OCH3 is 1.